The zero-order chi connectivity index (χ0) is 17.8. The van der Waals surface area contributed by atoms with E-state index in [2.05, 4.69) is 15.5 Å². The zero-order valence-corrected chi connectivity index (χ0v) is 15.2. The number of thiophene rings is 1. The minimum absolute atomic E-state index is 0.171. The second-order valence-corrected chi connectivity index (χ2v) is 6.94. The number of hydrogen-bond acceptors (Lipinski definition) is 5. The van der Waals surface area contributed by atoms with Crippen molar-refractivity contribution in [1.29, 1.82) is 0 Å². The van der Waals surface area contributed by atoms with Crippen molar-refractivity contribution in [1.82, 2.24) is 10.1 Å². The van der Waals surface area contributed by atoms with Gasteiger partial charge in [0.2, 0.25) is 17.6 Å². The van der Waals surface area contributed by atoms with E-state index >= 15 is 0 Å². The molecule has 0 aliphatic carbocycles. The summed E-state index contributed by atoms with van der Waals surface area (Å²) < 4.78 is 5.14. The molecule has 0 atom stereocenters. The number of nitrogens with one attached hydrogen (secondary N) is 1. The van der Waals surface area contributed by atoms with E-state index in [1.807, 2.05) is 51.1 Å². The third kappa shape index (κ3) is 4.22. The summed E-state index contributed by atoms with van der Waals surface area (Å²) >= 11 is 1.53. The maximum atomic E-state index is 12.2. The van der Waals surface area contributed by atoms with Gasteiger partial charge in [0.1, 0.15) is 0 Å². The maximum absolute atomic E-state index is 12.2. The number of aryl methyl sites for hydroxylation is 3. The first-order chi connectivity index (χ1) is 12.0. The van der Waals surface area contributed by atoms with Crippen molar-refractivity contribution in [3.05, 3.63) is 58.3 Å². The molecule has 0 aliphatic heterocycles. The molecule has 25 heavy (non-hydrogen) atoms. The molecule has 0 saturated heterocycles. The van der Waals surface area contributed by atoms with Gasteiger partial charge < -0.3 is 9.84 Å². The van der Waals surface area contributed by atoms with Gasteiger partial charge in [-0.1, -0.05) is 41.9 Å². The van der Waals surface area contributed by atoms with Gasteiger partial charge in [0, 0.05) is 17.4 Å². The number of carbonyl (C=O) groups excluding carboxylic acids is 1. The van der Waals surface area contributed by atoms with E-state index in [1.54, 1.807) is 6.08 Å². The molecule has 0 saturated carbocycles. The van der Waals surface area contributed by atoms with Crippen molar-refractivity contribution in [3.63, 3.8) is 0 Å². The minimum Gasteiger partial charge on any atom is -0.339 e. The second kappa shape index (κ2) is 7.44. The number of hydrogen-bond donors (Lipinski definition) is 1. The van der Waals surface area contributed by atoms with Crippen LogP contribution in [0, 0.1) is 13.8 Å². The summed E-state index contributed by atoms with van der Waals surface area (Å²) in [5, 5.41) is 6.87. The Bertz CT molecular complexity index is 907. The lowest BCUT2D eigenvalue weighted by molar-refractivity contribution is -0.111. The topological polar surface area (TPSA) is 68.0 Å². The zero-order valence-electron chi connectivity index (χ0n) is 14.4. The average molecular weight is 353 g/mol. The van der Waals surface area contributed by atoms with Gasteiger partial charge in [0.25, 0.3) is 0 Å². The summed E-state index contributed by atoms with van der Waals surface area (Å²) in [6.07, 6.45) is 4.03. The maximum Gasteiger partial charge on any atom is 0.248 e. The summed E-state index contributed by atoms with van der Waals surface area (Å²) in [5.74, 6) is 0.990. The Morgan fingerprint density at radius 3 is 2.72 bits per heavy atom. The van der Waals surface area contributed by atoms with Crippen LogP contribution in [0.5, 0.6) is 0 Å². The van der Waals surface area contributed by atoms with Gasteiger partial charge in [0.15, 0.2) is 0 Å². The highest BCUT2D eigenvalue weighted by atomic mass is 32.1. The molecule has 0 radical (unpaired) electrons. The first-order valence-corrected chi connectivity index (χ1v) is 8.86. The molecule has 0 aliphatic rings. The molecule has 0 unspecified atom stereocenters. The van der Waals surface area contributed by atoms with Gasteiger partial charge in [-0.25, -0.2) is 0 Å². The number of aromatic nitrogens is 2. The molecule has 128 valence electrons. The Labute approximate surface area is 150 Å². The smallest absolute Gasteiger partial charge is 0.248 e. The van der Waals surface area contributed by atoms with Crippen LogP contribution in [-0.4, -0.2) is 16.0 Å². The Hall–Kier alpha value is -2.73. The molecular weight excluding hydrogens is 334 g/mol. The highest BCUT2D eigenvalue weighted by Gasteiger charge is 2.13. The predicted molar refractivity (Wildman–Crippen MR) is 101 cm³/mol. The van der Waals surface area contributed by atoms with E-state index < -0.39 is 0 Å². The molecule has 3 aromatic rings. The fraction of sp³-hybridized carbons (Fsp3) is 0.211. The lowest BCUT2D eigenvalue weighted by Gasteiger charge is -2.00. The third-order valence-corrected chi connectivity index (χ3v) is 4.72. The number of benzene rings is 1. The van der Waals surface area contributed by atoms with Crippen LogP contribution in [0.15, 0.2) is 40.9 Å². The highest BCUT2D eigenvalue weighted by molar-refractivity contribution is 7.16. The number of carbonyl (C=O) groups is 1. The summed E-state index contributed by atoms with van der Waals surface area (Å²) in [7, 11) is 0. The summed E-state index contributed by atoms with van der Waals surface area (Å²) in [5.41, 5.74) is 2.94. The Balaban J connectivity index is 1.70. The van der Waals surface area contributed by atoms with Crippen LogP contribution in [0.2, 0.25) is 0 Å². The van der Waals surface area contributed by atoms with Crippen molar-refractivity contribution in [2.75, 3.05) is 5.32 Å². The monoisotopic (exact) mass is 353 g/mol. The molecular formula is C19H19N3O2S. The molecule has 6 heteroatoms. The average Bonchev–Trinajstić information content (AvgIpc) is 3.21. The fourth-order valence-electron chi connectivity index (χ4n) is 2.24. The number of rotatable bonds is 5. The van der Waals surface area contributed by atoms with Crippen LogP contribution >= 0.6 is 11.3 Å². The first kappa shape index (κ1) is 17.1. The van der Waals surface area contributed by atoms with Gasteiger partial charge in [-0.2, -0.15) is 4.98 Å². The summed E-state index contributed by atoms with van der Waals surface area (Å²) in [4.78, 5) is 18.3. The van der Waals surface area contributed by atoms with Gasteiger partial charge in [-0.15, -0.1) is 11.3 Å². The molecule has 2 heterocycles. The van der Waals surface area contributed by atoms with Crippen molar-refractivity contribution < 1.29 is 9.32 Å². The molecule has 0 spiro atoms. The number of amides is 1. The van der Waals surface area contributed by atoms with E-state index in [0.29, 0.717) is 18.1 Å². The molecule has 1 N–H and O–H groups in total. The van der Waals surface area contributed by atoms with E-state index in [-0.39, 0.29) is 5.91 Å². The van der Waals surface area contributed by atoms with Gasteiger partial charge in [-0.3, -0.25) is 4.79 Å². The molecule has 1 amide bonds. The van der Waals surface area contributed by atoms with Crippen molar-refractivity contribution >= 4 is 29.0 Å². The van der Waals surface area contributed by atoms with Crippen LogP contribution in [0.1, 0.15) is 28.8 Å². The van der Waals surface area contributed by atoms with Crippen LogP contribution in [0.3, 0.4) is 0 Å². The normalized spacial score (nSPS) is 11.2. The van der Waals surface area contributed by atoms with Crippen LogP contribution < -0.4 is 5.32 Å². The molecule has 5 nitrogen and oxygen atoms in total. The van der Waals surface area contributed by atoms with Crippen LogP contribution in [0.4, 0.5) is 5.69 Å². The largest absolute Gasteiger partial charge is 0.339 e. The standard InChI is InChI=1S/C19H19N3O2S/c1-4-18-21-19(22-24-18)16-11-15(13(3)25-16)20-17(23)10-9-14-7-5-12(2)6-8-14/h5-11H,4H2,1-3H3,(H,20,23)/b10-9+. The van der Waals surface area contributed by atoms with Gasteiger partial charge in [0.05, 0.1) is 10.6 Å². The Morgan fingerprint density at radius 1 is 1.28 bits per heavy atom. The second-order valence-electron chi connectivity index (χ2n) is 5.68. The van der Waals surface area contributed by atoms with E-state index in [0.717, 1.165) is 21.0 Å². The fourth-order valence-corrected chi connectivity index (χ4v) is 3.14. The molecule has 3 rings (SSSR count). The molecule has 2 aromatic heterocycles. The van der Waals surface area contributed by atoms with Gasteiger partial charge >= 0.3 is 0 Å². The Morgan fingerprint density at radius 2 is 2.04 bits per heavy atom. The third-order valence-electron chi connectivity index (χ3n) is 3.67. The lowest BCUT2D eigenvalue weighted by Crippen LogP contribution is -2.07. The van der Waals surface area contributed by atoms with Crippen LogP contribution in [-0.2, 0) is 11.2 Å². The summed E-state index contributed by atoms with van der Waals surface area (Å²) in [6.45, 7) is 5.95. The van der Waals surface area contributed by atoms with E-state index in [1.165, 1.54) is 23.0 Å². The SMILES string of the molecule is CCc1nc(-c2cc(NC(=O)/C=C/c3ccc(C)cc3)c(C)s2)no1. The highest BCUT2D eigenvalue weighted by Crippen LogP contribution is 2.32. The lowest BCUT2D eigenvalue weighted by atomic mass is 10.1. The van der Waals surface area contributed by atoms with Gasteiger partial charge in [-0.05, 0) is 31.6 Å². The molecule has 0 bridgehead atoms. The van der Waals surface area contributed by atoms with Crippen molar-refractivity contribution in [2.45, 2.75) is 27.2 Å². The quantitative estimate of drug-likeness (QED) is 0.679. The van der Waals surface area contributed by atoms with Crippen LogP contribution in [0.25, 0.3) is 16.8 Å². The number of anilines is 1. The van der Waals surface area contributed by atoms with E-state index in [4.69, 9.17) is 4.52 Å². The number of nitrogens with zero attached hydrogens (tertiary/aromatic N) is 2. The van der Waals surface area contributed by atoms with E-state index in [9.17, 15) is 4.79 Å². The van der Waals surface area contributed by atoms with Crippen molar-refractivity contribution in [3.8, 4) is 10.7 Å². The molecule has 1 aromatic carbocycles. The van der Waals surface area contributed by atoms with Crippen molar-refractivity contribution in [2.24, 2.45) is 0 Å². The predicted octanol–water partition coefficient (Wildman–Crippen LogP) is 4.63. The Kier molecular flexibility index (Phi) is 5.09. The minimum atomic E-state index is -0.171. The summed E-state index contributed by atoms with van der Waals surface area (Å²) in [6, 6.07) is 9.87. The molecule has 0 fully saturated rings. The first-order valence-electron chi connectivity index (χ1n) is 8.04.